The summed E-state index contributed by atoms with van der Waals surface area (Å²) in [4.78, 5) is 36.3. The molecule has 0 radical (unpaired) electrons. The summed E-state index contributed by atoms with van der Waals surface area (Å²) >= 11 is 6.11. The summed E-state index contributed by atoms with van der Waals surface area (Å²) in [5.41, 5.74) is 7.01. The molecule has 1 unspecified atom stereocenters. The first-order chi connectivity index (χ1) is 14.0. The highest BCUT2D eigenvalue weighted by atomic mass is 35.5. The van der Waals surface area contributed by atoms with Gasteiger partial charge in [0.05, 0.1) is 12.9 Å². The number of nitrogens with zero attached hydrogens (tertiary/aromatic N) is 4. The molecule has 0 saturated heterocycles. The molecule has 1 aromatic carbocycles. The van der Waals surface area contributed by atoms with Gasteiger partial charge in [0.25, 0.3) is 0 Å². The van der Waals surface area contributed by atoms with E-state index in [0.29, 0.717) is 29.1 Å². The Morgan fingerprint density at radius 3 is 2.50 bits per heavy atom. The van der Waals surface area contributed by atoms with Crippen molar-refractivity contribution in [2.45, 2.75) is 45.9 Å². The number of benzene rings is 1. The molecule has 3 N–H and O–H groups in total. The molecule has 0 aliphatic rings. The Balaban J connectivity index is 1.85. The van der Waals surface area contributed by atoms with E-state index in [1.807, 2.05) is 0 Å². The lowest BCUT2D eigenvalue weighted by molar-refractivity contribution is -0.155. The van der Waals surface area contributed by atoms with Gasteiger partial charge < -0.3 is 20.4 Å². The number of esters is 1. The zero-order chi connectivity index (χ0) is 22.1. The van der Waals surface area contributed by atoms with Crippen molar-refractivity contribution >= 4 is 40.5 Å². The zero-order valence-electron chi connectivity index (χ0n) is 17.1. The van der Waals surface area contributed by atoms with Crippen LogP contribution in [0.5, 0.6) is 0 Å². The predicted octanol–water partition coefficient (Wildman–Crippen LogP) is 2.77. The largest absolute Gasteiger partial charge is 0.458 e. The topological polar surface area (TPSA) is 125 Å². The molecule has 2 heterocycles. The average molecular weight is 431 g/mol. The minimum Gasteiger partial charge on any atom is -0.458 e. The number of fused-ring (bicyclic) bond motifs is 1. The van der Waals surface area contributed by atoms with Crippen molar-refractivity contribution in [1.82, 2.24) is 19.5 Å². The van der Waals surface area contributed by atoms with E-state index < -0.39 is 23.5 Å². The van der Waals surface area contributed by atoms with Gasteiger partial charge in [0.15, 0.2) is 17.0 Å². The molecule has 0 spiro atoms. The number of hydrogen-bond acceptors (Lipinski definition) is 7. The van der Waals surface area contributed by atoms with Gasteiger partial charge in [0.2, 0.25) is 11.2 Å². The SMILES string of the molecule is CC(Nc1nc(Cl)nc2c1ncn2Cc1ccc(C(N)=O)cc1)C(=O)OC(C)(C)C. The molecular weight excluding hydrogens is 408 g/mol. The van der Waals surface area contributed by atoms with Crippen LogP contribution in [0.15, 0.2) is 30.6 Å². The quantitative estimate of drug-likeness (QED) is 0.455. The molecule has 1 amide bonds. The van der Waals surface area contributed by atoms with Crippen LogP contribution in [0.3, 0.4) is 0 Å². The maximum absolute atomic E-state index is 12.3. The minimum atomic E-state index is -0.662. The van der Waals surface area contributed by atoms with Crippen LogP contribution in [0.2, 0.25) is 5.28 Å². The molecule has 0 fully saturated rings. The maximum Gasteiger partial charge on any atom is 0.328 e. The van der Waals surface area contributed by atoms with E-state index in [2.05, 4.69) is 20.3 Å². The van der Waals surface area contributed by atoms with Crippen molar-refractivity contribution in [1.29, 1.82) is 0 Å². The highest BCUT2D eigenvalue weighted by molar-refractivity contribution is 6.28. The third-order valence-electron chi connectivity index (χ3n) is 4.14. The van der Waals surface area contributed by atoms with Crippen LogP contribution in [0.1, 0.15) is 43.6 Å². The number of nitrogens with one attached hydrogen (secondary N) is 1. The summed E-state index contributed by atoms with van der Waals surface area (Å²) in [5, 5.41) is 3.03. The van der Waals surface area contributed by atoms with Gasteiger partial charge in [-0.3, -0.25) is 4.79 Å². The average Bonchev–Trinajstić information content (AvgIpc) is 3.03. The number of ether oxygens (including phenoxy) is 1. The number of anilines is 1. The summed E-state index contributed by atoms with van der Waals surface area (Å²) in [6, 6.07) is 6.27. The number of nitrogens with two attached hydrogens (primary N) is 1. The van der Waals surface area contributed by atoms with Gasteiger partial charge in [-0.05, 0) is 57.0 Å². The van der Waals surface area contributed by atoms with Gasteiger partial charge in [0.1, 0.15) is 11.6 Å². The number of amides is 1. The Bertz CT molecular complexity index is 1090. The monoisotopic (exact) mass is 430 g/mol. The van der Waals surface area contributed by atoms with E-state index >= 15 is 0 Å². The Hall–Kier alpha value is -3.20. The van der Waals surface area contributed by atoms with Gasteiger partial charge in [-0.1, -0.05) is 12.1 Å². The summed E-state index contributed by atoms with van der Waals surface area (Å²) in [7, 11) is 0. The lowest BCUT2D eigenvalue weighted by Gasteiger charge is -2.23. The molecule has 3 aromatic rings. The summed E-state index contributed by atoms with van der Waals surface area (Å²) in [6.07, 6.45) is 1.61. The van der Waals surface area contributed by atoms with E-state index in [0.717, 1.165) is 5.56 Å². The van der Waals surface area contributed by atoms with Crippen molar-refractivity contribution in [3.8, 4) is 0 Å². The molecule has 3 rings (SSSR count). The fourth-order valence-corrected chi connectivity index (χ4v) is 2.92. The first-order valence-corrected chi connectivity index (χ1v) is 9.68. The minimum absolute atomic E-state index is 0.0206. The third-order valence-corrected chi connectivity index (χ3v) is 4.31. The van der Waals surface area contributed by atoms with E-state index in [-0.39, 0.29) is 5.28 Å². The molecule has 0 aliphatic carbocycles. The van der Waals surface area contributed by atoms with Gasteiger partial charge >= 0.3 is 5.97 Å². The Morgan fingerprint density at radius 1 is 1.23 bits per heavy atom. The Kier molecular flexibility index (Phi) is 5.93. The number of halogens is 1. The second kappa shape index (κ2) is 8.27. The molecule has 1 atom stereocenters. The lowest BCUT2D eigenvalue weighted by atomic mass is 10.1. The Morgan fingerprint density at radius 2 is 1.90 bits per heavy atom. The highest BCUT2D eigenvalue weighted by Crippen LogP contribution is 2.23. The van der Waals surface area contributed by atoms with Crippen LogP contribution >= 0.6 is 11.6 Å². The van der Waals surface area contributed by atoms with Crippen molar-refractivity contribution in [2.24, 2.45) is 5.73 Å². The molecule has 2 aromatic heterocycles. The number of carbonyl (C=O) groups is 2. The smallest absolute Gasteiger partial charge is 0.328 e. The summed E-state index contributed by atoms with van der Waals surface area (Å²) < 4.78 is 7.19. The van der Waals surface area contributed by atoms with Crippen LogP contribution < -0.4 is 11.1 Å². The van der Waals surface area contributed by atoms with Crippen LogP contribution in [0.25, 0.3) is 11.2 Å². The van der Waals surface area contributed by atoms with Crippen LogP contribution in [-0.4, -0.2) is 43.0 Å². The number of imidazole rings is 1. The molecule has 9 nitrogen and oxygen atoms in total. The first kappa shape index (κ1) is 21.5. The molecule has 10 heteroatoms. The predicted molar refractivity (Wildman–Crippen MR) is 113 cm³/mol. The van der Waals surface area contributed by atoms with E-state index in [9.17, 15) is 9.59 Å². The zero-order valence-corrected chi connectivity index (χ0v) is 17.9. The number of rotatable bonds is 6. The normalized spacial score (nSPS) is 12.6. The van der Waals surface area contributed by atoms with E-state index in [1.54, 1.807) is 62.9 Å². The first-order valence-electron chi connectivity index (χ1n) is 9.30. The highest BCUT2D eigenvalue weighted by Gasteiger charge is 2.23. The number of aromatic nitrogens is 4. The molecule has 0 saturated carbocycles. The molecular formula is C20H23ClN6O3. The van der Waals surface area contributed by atoms with Gasteiger partial charge in [-0.15, -0.1) is 0 Å². The molecule has 0 aliphatic heterocycles. The van der Waals surface area contributed by atoms with E-state index in [4.69, 9.17) is 22.1 Å². The van der Waals surface area contributed by atoms with Gasteiger partial charge in [-0.25, -0.2) is 9.78 Å². The maximum atomic E-state index is 12.3. The van der Waals surface area contributed by atoms with Crippen LogP contribution in [-0.2, 0) is 16.1 Å². The van der Waals surface area contributed by atoms with E-state index in [1.165, 1.54) is 0 Å². The van der Waals surface area contributed by atoms with Crippen molar-refractivity contribution in [3.63, 3.8) is 0 Å². The molecule has 30 heavy (non-hydrogen) atoms. The number of primary amides is 1. The number of hydrogen-bond donors (Lipinski definition) is 2. The standard InChI is InChI=1S/C20H23ClN6O3/c1-11(18(29)30-20(2,3)4)24-16-14-17(26-19(21)25-16)27(10-23-14)9-12-5-7-13(8-6-12)15(22)28/h5-8,10-11H,9H2,1-4H3,(H2,22,28)(H,24,25,26). The molecule has 158 valence electrons. The van der Waals surface area contributed by atoms with Gasteiger partial charge in [0, 0.05) is 5.56 Å². The molecule has 0 bridgehead atoms. The van der Waals surface area contributed by atoms with Gasteiger partial charge in [-0.2, -0.15) is 9.97 Å². The van der Waals surface area contributed by atoms with Crippen LogP contribution in [0, 0.1) is 0 Å². The lowest BCUT2D eigenvalue weighted by Crippen LogP contribution is -2.34. The third kappa shape index (κ3) is 5.04. The fraction of sp³-hybridized carbons (Fsp3) is 0.350. The van der Waals surface area contributed by atoms with Crippen molar-refractivity contribution in [3.05, 3.63) is 47.0 Å². The van der Waals surface area contributed by atoms with Crippen molar-refractivity contribution in [2.75, 3.05) is 5.32 Å². The number of carbonyl (C=O) groups excluding carboxylic acids is 2. The van der Waals surface area contributed by atoms with Crippen molar-refractivity contribution < 1.29 is 14.3 Å². The van der Waals surface area contributed by atoms with Crippen LogP contribution in [0.4, 0.5) is 5.82 Å². The Labute approximate surface area is 178 Å². The fourth-order valence-electron chi connectivity index (χ4n) is 2.76. The second-order valence-electron chi connectivity index (χ2n) is 7.85. The second-order valence-corrected chi connectivity index (χ2v) is 8.18. The summed E-state index contributed by atoms with van der Waals surface area (Å²) in [5.74, 6) is -0.561. The summed E-state index contributed by atoms with van der Waals surface area (Å²) in [6.45, 7) is 7.52.